The van der Waals surface area contributed by atoms with E-state index in [4.69, 9.17) is 9.47 Å². The van der Waals surface area contributed by atoms with E-state index in [1.807, 2.05) is 0 Å². The molecule has 0 saturated carbocycles. The first-order chi connectivity index (χ1) is 38.6. The van der Waals surface area contributed by atoms with Crippen molar-refractivity contribution in [1.29, 1.82) is 0 Å². The first-order valence-electron chi connectivity index (χ1n) is 31.3. The third-order valence-electron chi connectivity index (χ3n) is 12.7. The Morgan fingerprint density at radius 1 is 0.295 bits per heavy atom. The summed E-state index contributed by atoms with van der Waals surface area (Å²) in [6.45, 7) is 3.90. The summed E-state index contributed by atoms with van der Waals surface area (Å²) >= 11 is 0. The summed E-state index contributed by atoms with van der Waals surface area (Å²) in [5.74, 6) is -0.619. The number of ether oxygens (including phenoxy) is 2. The fraction of sp³-hybridized carbons (Fsp3) is 0.562. The van der Waals surface area contributed by atoms with E-state index >= 15 is 0 Å². The van der Waals surface area contributed by atoms with Crippen LogP contribution in [-0.4, -0.2) is 36.4 Å². The van der Waals surface area contributed by atoms with Gasteiger partial charge in [0.2, 0.25) is 0 Å². The summed E-state index contributed by atoms with van der Waals surface area (Å²) in [4.78, 5) is 24.6. The summed E-state index contributed by atoms with van der Waals surface area (Å²) in [6.07, 6.45) is 104. The van der Waals surface area contributed by atoms with Gasteiger partial charge in [0.1, 0.15) is 6.61 Å². The summed E-state index contributed by atoms with van der Waals surface area (Å²) in [5, 5.41) is 9.67. The van der Waals surface area contributed by atoms with Crippen molar-refractivity contribution in [2.45, 2.75) is 251 Å². The van der Waals surface area contributed by atoms with E-state index < -0.39 is 6.10 Å². The molecule has 0 radical (unpaired) electrons. The van der Waals surface area contributed by atoms with E-state index in [0.717, 1.165) is 141 Å². The normalized spacial score (nSPS) is 13.5. The van der Waals surface area contributed by atoms with Crippen LogP contribution in [0.1, 0.15) is 245 Å². The van der Waals surface area contributed by atoms with Crippen LogP contribution in [0, 0.1) is 0 Å². The topological polar surface area (TPSA) is 72.8 Å². The Labute approximate surface area is 480 Å². The molecular weight excluding hydrogens is 957 g/mol. The first-order valence-corrected chi connectivity index (χ1v) is 31.3. The number of aliphatic hydroxyl groups is 1. The highest BCUT2D eigenvalue weighted by Gasteiger charge is 2.16. The van der Waals surface area contributed by atoms with Gasteiger partial charge in [-0.15, -0.1) is 0 Å². The van der Waals surface area contributed by atoms with Gasteiger partial charge < -0.3 is 14.6 Å². The molecule has 436 valence electrons. The van der Waals surface area contributed by atoms with Gasteiger partial charge in [0.25, 0.3) is 0 Å². The van der Waals surface area contributed by atoms with Gasteiger partial charge in [-0.2, -0.15) is 0 Å². The fourth-order valence-corrected chi connectivity index (χ4v) is 8.08. The highest BCUT2D eigenvalue weighted by Crippen LogP contribution is 2.14. The van der Waals surface area contributed by atoms with Crippen molar-refractivity contribution in [1.82, 2.24) is 0 Å². The van der Waals surface area contributed by atoms with Crippen LogP contribution in [-0.2, 0) is 19.1 Å². The smallest absolute Gasteiger partial charge is 0.306 e. The molecule has 0 aliphatic heterocycles. The van der Waals surface area contributed by atoms with Gasteiger partial charge in [0.05, 0.1) is 6.61 Å². The van der Waals surface area contributed by atoms with Crippen LogP contribution in [0.25, 0.3) is 0 Å². The molecular formula is C73H114O5. The van der Waals surface area contributed by atoms with Crippen molar-refractivity contribution in [2.24, 2.45) is 0 Å². The summed E-state index contributed by atoms with van der Waals surface area (Å²) in [6, 6.07) is 0. The summed E-state index contributed by atoms with van der Waals surface area (Å²) in [5.41, 5.74) is 0. The molecule has 0 fully saturated rings. The molecule has 1 N–H and O–H groups in total. The van der Waals surface area contributed by atoms with Crippen molar-refractivity contribution in [3.63, 3.8) is 0 Å². The second kappa shape index (κ2) is 66.3. The average molecular weight is 1070 g/mol. The second-order valence-electron chi connectivity index (χ2n) is 20.0. The maximum absolute atomic E-state index is 12.3. The average Bonchev–Trinajstić information content (AvgIpc) is 3.44. The number of allylic oxidation sites excluding steroid dienone is 30. The maximum Gasteiger partial charge on any atom is 0.306 e. The molecule has 5 heteroatoms. The monoisotopic (exact) mass is 1070 g/mol. The largest absolute Gasteiger partial charge is 0.462 e. The predicted molar refractivity (Wildman–Crippen MR) is 343 cm³/mol. The van der Waals surface area contributed by atoms with Gasteiger partial charge in [-0.05, 0) is 135 Å². The van der Waals surface area contributed by atoms with Crippen molar-refractivity contribution >= 4 is 11.9 Å². The molecule has 0 heterocycles. The van der Waals surface area contributed by atoms with Crippen LogP contribution in [0.2, 0.25) is 0 Å². The molecule has 0 bridgehead atoms. The number of rotatable bonds is 55. The lowest BCUT2D eigenvalue weighted by Gasteiger charge is -2.15. The van der Waals surface area contributed by atoms with Gasteiger partial charge in [0, 0.05) is 12.8 Å². The van der Waals surface area contributed by atoms with Crippen LogP contribution < -0.4 is 0 Å². The number of unbranched alkanes of at least 4 members (excludes halogenated alkanes) is 17. The van der Waals surface area contributed by atoms with Crippen LogP contribution in [0.4, 0.5) is 0 Å². The Bertz CT molecular complexity index is 1780. The van der Waals surface area contributed by atoms with E-state index in [1.165, 1.54) is 77.0 Å². The van der Waals surface area contributed by atoms with Crippen molar-refractivity contribution < 1.29 is 24.2 Å². The second-order valence-corrected chi connectivity index (χ2v) is 20.0. The SMILES string of the molecule is CC/C=C\C/C=C\C/C=C\C/C=C\C/C=C\C/C=C\C/C=C\C/C=C\C/C=C\C/C=C\C/C=C\CCCCCCCCCC(=O)OC(CO)COC(=O)CCCCCCCCCCCC/C=C\C/C=C\C/C=C\C/C=C\CC. The highest BCUT2D eigenvalue weighted by molar-refractivity contribution is 5.70. The Hall–Kier alpha value is -5.00. The quantitative estimate of drug-likeness (QED) is 0.0373. The van der Waals surface area contributed by atoms with Crippen LogP contribution in [0.3, 0.4) is 0 Å². The predicted octanol–water partition coefficient (Wildman–Crippen LogP) is 21.9. The number of hydrogen-bond acceptors (Lipinski definition) is 5. The zero-order valence-electron chi connectivity index (χ0n) is 49.8. The Morgan fingerprint density at radius 2 is 0.513 bits per heavy atom. The molecule has 0 aromatic rings. The molecule has 0 aliphatic carbocycles. The minimum Gasteiger partial charge on any atom is -0.462 e. The number of hydrogen-bond donors (Lipinski definition) is 1. The van der Waals surface area contributed by atoms with E-state index in [-0.39, 0.29) is 25.2 Å². The van der Waals surface area contributed by atoms with E-state index in [2.05, 4.69) is 196 Å². The summed E-state index contributed by atoms with van der Waals surface area (Å²) in [7, 11) is 0. The van der Waals surface area contributed by atoms with Crippen molar-refractivity contribution in [2.75, 3.05) is 13.2 Å². The number of carbonyl (C=O) groups is 2. The van der Waals surface area contributed by atoms with E-state index in [0.29, 0.717) is 12.8 Å². The van der Waals surface area contributed by atoms with Crippen LogP contribution >= 0.6 is 0 Å². The van der Waals surface area contributed by atoms with Crippen LogP contribution in [0.15, 0.2) is 182 Å². The Morgan fingerprint density at radius 3 is 0.769 bits per heavy atom. The van der Waals surface area contributed by atoms with E-state index in [9.17, 15) is 14.7 Å². The minimum absolute atomic E-state index is 0.0835. The zero-order chi connectivity index (χ0) is 56.2. The van der Waals surface area contributed by atoms with Gasteiger partial charge >= 0.3 is 11.9 Å². The molecule has 0 aromatic heterocycles. The molecule has 0 amide bonds. The molecule has 0 rings (SSSR count). The Kier molecular flexibility index (Phi) is 62.0. The molecule has 5 nitrogen and oxygen atoms in total. The van der Waals surface area contributed by atoms with Gasteiger partial charge in [0.15, 0.2) is 6.10 Å². The molecule has 1 atom stereocenters. The minimum atomic E-state index is -0.795. The first kappa shape index (κ1) is 73.0. The highest BCUT2D eigenvalue weighted by atomic mass is 16.6. The molecule has 0 spiro atoms. The molecule has 1 unspecified atom stereocenters. The lowest BCUT2D eigenvalue weighted by Crippen LogP contribution is -2.28. The van der Waals surface area contributed by atoms with Crippen molar-refractivity contribution in [3.05, 3.63) is 182 Å². The van der Waals surface area contributed by atoms with Gasteiger partial charge in [-0.25, -0.2) is 0 Å². The fourth-order valence-electron chi connectivity index (χ4n) is 8.08. The van der Waals surface area contributed by atoms with E-state index in [1.54, 1.807) is 0 Å². The lowest BCUT2D eigenvalue weighted by atomic mass is 10.1. The number of carbonyl (C=O) groups excluding carboxylic acids is 2. The third kappa shape index (κ3) is 63.5. The molecule has 0 aliphatic rings. The number of aliphatic hydroxyl groups excluding tert-OH is 1. The Balaban J connectivity index is 3.63. The standard InChI is InChI=1S/C73H114O5/c1-3-5-7-9-11-13-15-17-19-21-23-25-27-28-29-30-31-32-33-34-35-36-37-38-39-40-41-42-43-44-46-48-50-52-54-56-58-60-62-64-66-68-73(76)78-71(69-74)70-77-72(75)67-65-63-61-59-57-55-53-51-49-47-45-26-24-22-20-18-16-14-12-10-8-6-4-2/h5-8,11-14,17-20,23-26,28-29,31-32,34-35,37-38,40-41,43-44,48,50,71,74H,3-4,9-10,15-16,21-22,27,30,33,36,39,42,45-47,49,51-70H2,1-2H3/b7-5-,8-6-,13-11-,14-12-,19-17-,20-18-,25-23-,26-24-,29-28-,32-31-,35-34-,38-37-,41-40-,44-43-,50-48-. The summed E-state index contributed by atoms with van der Waals surface area (Å²) < 4.78 is 10.7. The van der Waals surface area contributed by atoms with Gasteiger partial charge in [-0.3, -0.25) is 9.59 Å². The van der Waals surface area contributed by atoms with Crippen LogP contribution in [0.5, 0.6) is 0 Å². The lowest BCUT2D eigenvalue weighted by molar-refractivity contribution is -0.161. The number of esters is 2. The van der Waals surface area contributed by atoms with Crippen molar-refractivity contribution in [3.8, 4) is 0 Å². The molecule has 0 saturated heterocycles. The molecule has 78 heavy (non-hydrogen) atoms. The third-order valence-corrected chi connectivity index (χ3v) is 12.7. The zero-order valence-corrected chi connectivity index (χ0v) is 49.8. The maximum atomic E-state index is 12.3. The van der Waals surface area contributed by atoms with Gasteiger partial charge in [-0.1, -0.05) is 280 Å². The molecule has 0 aromatic carbocycles.